The second kappa shape index (κ2) is 6.85. The highest BCUT2D eigenvalue weighted by Gasteiger charge is 2.36. The van der Waals surface area contributed by atoms with E-state index >= 15 is 0 Å². The Morgan fingerprint density at radius 3 is 2.29 bits per heavy atom. The van der Waals surface area contributed by atoms with Crippen LogP contribution in [0, 0.1) is 0 Å². The molecule has 2 aliphatic rings. The molecule has 1 heterocycles. The average molecular weight is 289 g/mol. The molecule has 118 valence electrons. The summed E-state index contributed by atoms with van der Waals surface area (Å²) in [5, 5.41) is 0. The summed E-state index contributed by atoms with van der Waals surface area (Å²) in [6.45, 7) is 2.27. The second-order valence-corrected chi connectivity index (χ2v) is 7.05. The fraction of sp³-hybridized carbons (Fsp3) is 0.833. The lowest BCUT2D eigenvalue weighted by molar-refractivity contribution is 0.587. The zero-order valence-electron chi connectivity index (χ0n) is 13.6. The molecule has 0 spiro atoms. The number of nitrogen functional groups attached to an aromatic ring is 1. The van der Waals surface area contributed by atoms with Crippen LogP contribution in [0.15, 0.2) is 0 Å². The Morgan fingerprint density at radius 1 is 1.00 bits per heavy atom. The molecule has 1 aromatic heterocycles. The van der Waals surface area contributed by atoms with Crippen molar-refractivity contribution in [1.82, 2.24) is 9.55 Å². The third kappa shape index (κ3) is 3.81. The first-order valence-electron chi connectivity index (χ1n) is 9.17. The van der Waals surface area contributed by atoms with Gasteiger partial charge in [-0.2, -0.15) is 0 Å². The van der Waals surface area contributed by atoms with E-state index in [0.717, 1.165) is 18.2 Å². The number of imidazole rings is 1. The molecule has 0 atom stereocenters. The number of hydrogen-bond donors (Lipinski definition) is 1. The largest absolute Gasteiger partial charge is 0.384 e. The van der Waals surface area contributed by atoms with Crippen molar-refractivity contribution in [2.75, 3.05) is 5.73 Å². The van der Waals surface area contributed by atoms with E-state index in [9.17, 15) is 0 Å². The van der Waals surface area contributed by atoms with Gasteiger partial charge in [0.2, 0.25) is 0 Å². The lowest BCUT2D eigenvalue weighted by Gasteiger charge is -2.07. The fourth-order valence-corrected chi connectivity index (χ4v) is 3.29. The monoisotopic (exact) mass is 289 g/mol. The number of hydrogen-bond acceptors (Lipinski definition) is 2. The molecule has 2 N–H and O–H groups in total. The van der Waals surface area contributed by atoms with Gasteiger partial charge in [-0.1, -0.05) is 45.4 Å². The zero-order chi connectivity index (χ0) is 14.7. The van der Waals surface area contributed by atoms with Crippen molar-refractivity contribution in [1.29, 1.82) is 0 Å². The van der Waals surface area contributed by atoms with Crippen molar-refractivity contribution in [3.63, 3.8) is 0 Å². The van der Waals surface area contributed by atoms with Crippen LogP contribution in [0.4, 0.5) is 5.82 Å². The Morgan fingerprint density at radius 2 is 1.67 bits per heavy atom. The maximum atomic E-state index is 6.39. The lowest BCUT2D eigenvalue weighted by Crippen LogP contribution is -2.04. The number of unbranched alkanes of at least 4 members (excludes halogenated alkanes) is 6. The van der Waals surface area contributed by atoms with Crippen LogP contribution in [0.1, 0.15) is 101 Å². The number of nitrogens with two attached hydrogens (primary N) is 1. The van der Waals surface area contributed by atoms with Gasteiger partial charge in [0.05, 0.1) is 5.69 Å². The quantitative estimate of drug-likeness (QED) is 0.618. The SMILES string of the molecule is CCCCCCCCCc1nc(C2CC2)n(C2CC2)c1N. The smallest absolute Gasteiger partial charge is 0.127 e. The van der Waals surface area contributed by atoms with Crippen LogP contribution in [0.2, 0.25) is 0 Å². The van der Waals surface area contributed by atoms with Gasteiger partial charge >= 0.3 is 0 Å². The van der Waals surface area contributed by atoms with Crippen LogP contribution in [0.3, 0.4) is 0 Å². The first-order valence-corrected chi connectivity index (χ1v) is 9.17. The Bertz CT molecular complexity index is 455. The van der Waals surface area contributed by atoms with E-state index in [2.05, 4.69) is 11.5 Å². The maximum Gasteiger partial charge on any atom is 0.127 e. The number of nitrogens with zero attached hydrogens (tertiary/aromatic N) is 2. The number of aryl methyl sites for hydroxylation is 1. The predicted octanol–water partition coefficient (Wildman–Crippen LogP) is 4.97. The van der Waals surface area contributed by atoms with E-state index in [4.69, 9.17) is 10.7 Å². The van der Waals surface area contributed by atoms with Crippen LogP contribution in [0.25, 0.3) is 0 Å². The maximum absolute atomic E-state index is 6.39. The Kier molecular flexibility index (Phi) is 4.87. The molecule has 0 aromatic carbocycles. The molecule has 21 heavy (non-hydrogen) atoms. The summed E-state index contributed by atoms with van der Waals surface area (Å²) >= 11 is 0. The third-order valence-corrected chi connectivity index (χ3v) is 4.92. The van der Waals surface area contributed by atoms with Crippen molar-refractivity contribution in [3.8, 4) is 0 Å². The molecule has 2 aliphatic carbocycles. The van der Waals surface area contributed by atoms with Crippen LogP contribution in [-0.2, 0) is 6.42 Å². The highest BCUT2D eigenvalue weighted by Crippen LogP contribution is 2.46. The first-order chi connectivity index (χ1) is 10.3. The molecule has 3 heteroatoms. The van der Waals surface area contributed by atoms with Crippen LogP contribution in [-0.4, -0.2) is 9.55 Å². The molecule has 0 radical (unpaired) electrons. The van der Waals surface area contributed by atoms with E-state index in [1.54, 1.807) is 0 Å². The van der Waals surface area contributed by atoms with E-state index < -0.39 is 0 Å². The molecule has 0 aliphatic heterocycles. The van der Waals surface area contributed by atoms with Gasteiger partial charge in [-0.15, -0.1) is 0 Å². The summed E-state index contributed by atoms with van der Waals surface area (Å²) in [5.74, 6) is 3.02. The summed E-state index contributed by atoms with van der Waals surface area (Å²) in [6.07, 6.45) is 15.8. The minimum atomic E-state index is 0.677. The molecule has 0 saturated heterocycles. The second-order valence-electron chi connectivity index (χ2n) is 7.05. The van der Waals surface area contributed by atoms with Gasteiger partial charge < -0.3 is 10.3 Å². The van der Waals surface area contributed by atoms with Crippen LogP contribution >= 0.6 is 0 Å². The molecule has 1 aromatic rings. The van der Waals surface area contributed by atoms with E-state index in [-0.39, 0.29) is 0 Å². The zero-order valence-corrected chi connectivity index (χ0v) is 13.6. The Hall–Kier alpha value is -0.990. The molecular formula is C18H31N3. The van der Waals surface area contributed by atoms with Crippen molar-refractivity contribution >= 4 is 5.82 Å². The Labute approximate surface area is 129 Å². The van der Waals surface area contributed by atoms with Crippen LogP contribution < -0.4 is 5.73 Å². The predicted molar refractivity (Wildman–Crippen MR) is 88.6 cm³/mol. The normalized spacial score (nSPS) is 18.3. The van der Waals surface area contributed by atoms with Crippen molar-refractivity contribution in [3.05, 3.63) is 11.5 Å². The van der Waals surface area contributed by atoms with Crippen LogP contribution in [0.5, 0.6) is 0 Å². The topological polar surface area (TPSA) is 43.8 Å². The summed E-state index contributed by atoms with van der Waals surface area (Å²) in [6, 6.07) is 0.677. The number of rotatable bonds is 10. The van der Waals surface area contributed by atoms with E-state index in [0.29, 0.717) is 6.04 Å². The van der Waals surface area contributed by atoms with Gasteiger partial charge in [-0.25, -0.2) is 4.98 Å². The summed E-state index contributed by atoms with van der Waals surface area (Å²) in [4.78, 5) is 4.92. The van der Waals surface area contributed by atoms with E-state index in [1.807, 2.05) is 0 Å². The van der Waals surface area contributed by atoms with Gasteiger partial charge in [-0.05, 0) is 38.5 Å². The number of anilines is 1. The van der Waals surface area contributed by atoms with Gasteiger partial charge in [0.15, 0.2) is 0 Å². The molecular weight excluding hydrogens is 258 g/mol. The average Bonchev–Trinajstić information content (AvgIpc) is 3.36. The minimum Gasteiger partial charge on any atom is -0.384 e. The number of aromatic nitrogens is 2. The van der Waals surface area contributed by atoms with Crippen molar-refractivity contribution in [2.45, 2.75) is 95.9 Å². The Balaban J connectivity index is 1.48. The van der Waals surface area contributed by atoms with Crippen molar-refractivity contribution < 1.29 is 0 Å². The molecule has 0 amide bonds. The first kappa shape index (κ1) is 14.9. The molecule has 0 unspecified atom stereocenters. The highest BCUT2D eigenvalue weighted by atomic mass is 15.2. The van der Waals surface area contributed by atoms with Gasteiger partial charge in [-0.3, -0.25) is 0 Å². The molecule has 0 bridgehead atoms. The summed E-state index contributed by atoms with van der Waals surface area (Å²) < 4.78 is 2.38. The highest BCUT2D eigenvalue weighted by molar-refractivity contribution is 5.41. The van der Waals surface area contributed by atoms with Crippen molar-refractivity contribution in [2.24, 2.45) is 0 Å². The van der Waals surface area contributed by atoms with Gasteiger partial charge in [0, 0.05) is 12.0 Å². The molecule has 3 rings (SSSR count). The molecule has 2 saturated carbocycles. The molecule has 3 nitrogen and oxygen atoms in total. The van der Waals surface area contributed by atoms with Gasteiger partial charge in [0.1, 0.15) is 11.6 Å². The fourth-order valence-electron chi connectivity index (χ4n) is 3.29. The minimum absolute atomic E-state index is 0.677. The van der Waals surface area contributed by atoms with Gasteiger partial charge in [0.25, 0.3) is 0 Å². The van der Waals surface area contributed by atoms with E-state index in [1.165, 1.54) is 82.1 Å². The summed E-state index contributed by atoms with van der Waals surface area (Å²) in [5.41, 5.74) is 7.58. The standard InChI is InChI=1S/C18H31N3/c1-2-3-4-5-6-7-8-9-16-17(19)21(15-12-13-15)18(20-16)14-10-11-14/h14-15H,2-13,19H2,1H3. The molecule has 2 fully saturated rings. The summed E-state index contributed by atoms with van der Waals surface area (Å²) in [7, 11) is 0. The lowest BCUT2D eigenvalue weighted by atomic mass is 10.1. The third-order valence-electron chi connectivity index (χ3n) is 4.92.